The molecule has 0 bridgehead atoms. The third kappa shape index (κ3) is 1.94. The lowest BCUT2D eigenvalue weighted by Crippen LogP contribution is -2.37. The van der Waals surface area contributed by atoms with E-state index in [2.05, 4.69) is 10.2 Å². The molecule has 0 radical (unpaired) electrons. The molecule has 1 heterocycles. The van der Waals surface area contributed by atoms with Crippen LogP contribution in [0.25, 0.3) is 0 Å². The Morgan fingerprint density at radius 3 is 3.06 bits per heavy atom. The Morgan fingerprint density at radius 2 is 2.38 bits per heavy atom. The molecule has 0 saturated heterocycles. The summed E-state index contributed by atoms with van der Waals surface area (Å²) >= 11 is 0. The van der Waals surface area contributed by atoms with Crippen molar-refractivity contribution in [2.24, 2.45) is 5.73 Å². The average molecular weight is 221 g/mol. The number of hydrogen-bond acceptors (Lipinski definition) is 4. The standard InChI is InChI=1S/C11H15N3O2/c12-3-5-14-6-4-13-9-2-1-8(11(15)16)7-10(9)14/h1-2,7,13H,3-6,12H2,(H,15,16). The van der Waals surface area contributed by atoms with Gasteiger partial charge in [0, 0.05) is 26.2 Å². The normalized spacial score (nSPS) is 14.2. The summed E-state index contributed by atoms with van der Waals surface area (Å²) in [7, 11) is 0. The fourth-order valence-electron chi connectivity index (χ4n) is 1.91. The molecule has 1 aliphatic rings. The topological polar surface area (TPSA) is 78.6 Å². The van der Waals surface area contributed by atoms with Crippen molar-refractivity contribution in [1.82, 2.24) is 0 Å². The van der Waals surface area contributed by atoms with E-state index in [0.29, 0.717) is 12.1 Å². The fourth-order valence-corrected chi connectivity index (χ4v) is 1.91. The van der Waals surface area contributed by atoms with E-state index in [-0.39, 0.29) is 0 Å². The Hall–Kier alpha value is -1.75. The van der Waals surface area contributed by atoms with Gasteiger partial charge in [-0.05, 0) is 18.2 Å². The lowest BCUT2D eigenvalue weighted by atomic mass is 10.1. The SMILES string of the molecule is NCCN1CCNc2ccc(C(=O)O)cc21. The maximum absolute atomic E-state index is 10.9. The van der Waals surface area contributed by atoms with Crippen molar-refractivity contribution in [2.75, 3.05) is 36.4 Å². The maximum atomic E-state index is 10.9. The number of anilines is 2. The zero-order chi connectivity index (χ0) is 11.5. The van der Waals surface area contributed by atoms with Crippen LogP contribution >= 0.6 is 0 Å². The minimum atomic E-state index is -0.902. The minimum absolute atomic E-state index is 0.310. The van der Waals surface area contributed by atoms with Crippen LogP contribution in [0.3, 0.4) is 0 Å². The van der Waals surface area contributed by atoms with Gasteiger partial charge >= 0.3 is 5.97 Å². The number of rotatable bonds is 3. The number of fused-ring (bicyclic) bond motifs is 1. The molecule has 0 aromatic heterocycles. The van der Waals surface area contributed by atoms with Gasteiger partial charge in [0.15, 0.2) is 0 Å². The Bertz CT molecular complexity index is 406. The van der Waals surface area contributed by atoms with Crippen LogP contribution in [0.5, 0.6) is 0 Å². The first kappa shape index (κ1) is 10.8. The lowest BCUT2D eigenvalue weighted by molar-refractivity contribution is 0.0697. The molecular weight excluding hydrogens is 206 g/mol. The van der Waals surface area contributed by atoms with E-state index in [1.165, 1.54) is 0 Å². The van der Waals surface area contributed by atoms with Crippen LogP contribution in [0, 0.1) is 0 Å². The molecule has 1 aliphatic heterocycles. The van der Waals surface area contributed by atoms with Crippen LogP contribution in [-0.2, 0) is 0 Å². The van der Waals surface area contributed by atoms with Crippen molar-refractivity contribution >= 4 is 17.3 Å². The molecule has 5 nitrogen and oxygen atoms in total. The van der Waals surface area contributed by atoms with E-state index >= 15 is 0 Å². The number of carboxylic acid groups (broad SMARTS) is 1. The summed E-state index contributed by atoms with van der Waals surface area (Å²) in [5.41, 5.74) is 7.75. The number of carboxylic acids is 1. The summed E-state index contributed by atoms with van der Waals surface area (Å²) in [5.74, 6) is -0.902. The molecular formula is C11H15N3O2. The predicted molar refractivity (Wildman–Crippen MR) is 63.2 cm³/mol. The van der Waals surface area contributed by atoms with Crippen molar-refractivity contribution in [3.05, 3.63) is 23.8 Å². The van der Waals surface area contributed by atoms with Crippen LogP contribution in [0.2, 0.25) is 0 Å². The highest BCUT2D eigenvalue weighted by Crippen LogP contribution is 2.29. The summed E-state index contributed by atoms with van der Waals surface area (Å²) in [6, 6.07) is 5.11. The summed E-state index contributed by atoms with van der Waals surface area (Å²) in [5, 5.41) is 12.2. The number of aromatic carboxylic acids is 1. The van der Waals surface area contributed by atoms with Crippen molar-refractivity contribution in [3.63, 3.8) is 0 Å². The molecule has 1 aromatic carbocycles. The monoisotopic (exact) mass is 221 g/mol. The Labute approximate surface area is 93.9 Å². The van der Waals surface area contributed by atoms with E-state index in [1.54, 1.807) is 12.1 Å². The largest absolute Gasteiger partial charge is 0.478 e. The second-order valence-electron chi connectivity index (χ2n) is 3.74. The molecule has 4 N–H and O–H groups in total. The van der Waals surface area contributed by atoms with Gasteiger partial charge in [-0.2, -0.15) is 0 Å². The van der Waals surface area contributed by atoms with E-state index in [4.69, 9.17) is 10.8 Å². The van der Waals surface area contributed by atoms with E-state index in [0.717, 1.165) is 31.0 Å². The third-order valence-corrected chi connectivity index (χ3v) is 2.68. The van der Waals surface area contributed by atoms with Crippen molar-refractivity contribution in [2.45, 2.75) is 0 Å². The fraction of sp³-hybridized carbons (Fsp3) is 0.364. The highest BCUT2D eigenvalue weighted by molar-refractivity contribution is 5.91. The number of nitrogens with zero attached hydrogens (tertiary/aromatic N) is 1. The van der Waals surface area contributed by atoms with Crippen LogP contribution in [0.1, 0.15) is 10.4 Å². The number of carbonyl (C=O) groups is 1. The van der Waals surface area contributed by atoms with Crippen molar-refractivity contribution in [1.29, 1.82) is 0 Å². The highest BCUT2D eigenvalue weighted by atomic mass is 16.4. The first-order chi connectivity index (χ1) is 7.72. The van der Waals surface area contributed by atoms with Gasteiger partial charge in [-0.3, -0.25) is 0 Å². The molecule has 1 aromatic rings. The van der Waals surface area contributed by atoms with Gasteiger partial charge in [-0.1, -0.05) is 0 Å². The second-order valence-corrected chi connectivity index (χ2v) is 3.74. The van der Waals surface area contributed by atoms with E-state index in [1.807, 2.05) is 6.07 Å². The van der Waals surface area contributed by atoms with Gasteiger partial charge in [0.1, 0.15) is 0 Å². The van der Waals surface area contributed by atoms with Gasteiger partial charge in [0.25, 0.3) is 0 Å². The molecule has 86 valence electrons. The summed E-state index contributed by atoms with van der Waals surface area (Å²) in [6.45, 7) is 3.03. The van der Waals surface area contributed by atoms with Crippen LogP contribution in [-0.4, -0.2) is 37.3 Å². The average Bonchev–Trinajstić information content (AvgIpc) is 2.29. The Kier molecular flexibility index (Phi) is 2.96. The molecule has 0 saturated carbocycles. The summed E-state index contributed by atoms with van der Waals surface area (Å²) in [4.78, 5) is 13.0. The van der Waals surface area contributed by atoms with Gasteiger partial charge in [-0.25, -0.2) is 4.79 Å². The first-order valence-corrected chi connectivity index (χ1v) is 5.28. The Balaban J connectivity index is 2.36. The van der Waals surface area contributed by atoms with Crippen molar-refractivity contribution < 1.29 is 9.90 Å². The zero-order valence-electron chi connectivity index (χ0n) is 8.94. The number of nitrogens with two attached hydrogens (primary N) is 1. The minimum Gasteiger partial charge on any atom is -0.478 e. The van der Waals surface area contributed by atoms with Crippen LogP contribution < -0.4 is 16.0 Å². The second kappa shape index (κ2) is 4.40. The molecule has 0 atom stereocenters. The molecule has 0 spiro atoms. The quantitative estimate of drug-likeness (QED) is 0.695. The number of nitrogens with one attached hydrogen (secondary N) is 1. The molecule has 16 heavy (non-hydrogen) atoms. The van der Waals surface area contributed by atoms with E-state index in [9.17, 15) is 4.79 Å². The van der Waals surface area contributed by atoms with Crippen LogP contribution in [0.4, 0.5) is 11.4 Å². The lowest BCUT2D eigenvalue weighted by Gasteiger charge is -2.31. The van der Waals surface area contributed by atoms with Gasteiger partial charge < -0.3 is 21.1 Å². The molecule has 0 aliphatic carbocycles. The number of benzene rings is 1. The number of hydrogen-bond donors (Lipinski definition) is 3. The van der Waals surface area contributed by atoms with Crippen molar-refractivity contribution in [3.8, 4) is 0 Å². The molecule has 2 rings (SSSR count). The van der Waals surface area contributed by atoms with Gasteiger partial charge in [0.05, 0.1) is 16.9 Å². The van der Waals surface area contributed by atoms with E-state index < -0.39 is 5.97 Å². The zero-order valence-corrected chi connectivity index (χ0v) is 8.94. The summed E-state index contributed by atoms with van der Waals surface area (Å²) < 4.78 is 0. The maximum Gasteiger partial charge on any atom is 0.335 e. The molecule has 0 unspecified atom stereocenters. The summed E-state index contributed by atoms with van der Waals surface area (Å²) in [6.07, 6.45) is 0. The third-order valence-electron chi connectivity index (χ3n) is 2.68. The first-order valence-electron chi connectivity index (χ1n) is 5.28. The Morgan fingerprint density at radius 1 is 1.56 bits per heavy atom. The molecule has 0 fully saturated rings. The smallest absolute Gasteiger partial charge is 0.335 e. The highest BCUT2D eigenvalue weighted by Gasteiger charge is 2.17. The van der Waals surface area contributed by atoms with Gasteiger partial charge in [0.2, 0.25) is 0 Å². The predicted octanol–water partition coefficient (Wildman–Crippen LogP) is 0.575. The van der Waals surface area contributed by atoms with Crippen LogP contribution in [0.15, 0.2) is 18.2 Å². The molecule has 0 amide bonds. The molecule has 5 heteroatoms. The van der Waals surface area contributed by atoms with Gasteiger partial charge in [-0.15, -0.1) is 0 Å².